The smallest absolute Gasteiger partial charge is 0.303 e. The van der Waals surface area contributed by atoms with Gasteiger partial charge in [-0.1, -0.05) is 0 Å². The molecule has 0 bridgehead atoms. The summed E-state index contributed by atoms with van der Waals surface area (Å²) < 4.78 is 25.7. The predicted molar refractivity (Wildman–Crippen MR) is 87.5 cm³/mol. The van der Waals surface area contributed by atoms with Gasteiger partial charge in [-0.2, -0.15) is 0 Å². The van der Waals surface area contributed by atoms with Crippen molar-refractivity contribution >= 4 is 17.9 Å². The molecule has 0 radical (unpaired) electrons. The van der Waals surface area contributed by atoms with Gasteiger partial charge in [0, 0.05) is 20.8 Å². The lowest BCUT2D eigenvalue weighted by Gasteiger charge is -2.43. The average molecular weight is 410 g/mol. The lowest BCUT2D eigenvalue weighted by atomic mass is 9.98. The van der Waals surface area contributed by atoms with Gasteiger partial charge in [0.1, 0.15) is 31.0 Å². The van der Waals surface area contributed by atoms with Gasteiger partial charge in [-0.15, -0.1) is 0 Å². The molecule has 28 heavy (non-hydrogen) atoms. The Labute approximate surface area is 160 Å². The number of esters is 3. The van der Waals surface area contributed by atoms with Crippen LogP contribution in [0.25, 0.3) is 0 Å². The van der Waals surface area contributed by atoms with Crippen LogP contribution in [0.4, 0.5) is 0 Å². The van der Waals surface area contributed by atoms with Gasteiger partial charge in [0.15, 0.2) is 18.5 Å². The average Bonchev–Trinajstić information content (AvgIpc) is 2.61. The van der Waals surface area contributed by atoms with Crippen molar-refractivity contribution in [2.45, 2.75) is 63.7 Å². The zero-order valence-corrected chi connectivity index (χ0v) is 15.7. The van der Waals surface area contributed by atoms with E-state index in [2.05, 4.69) is 0 Å². The van der Waals surface area contributed by atoms with Crippen LogP contribution < -0.4 is 0 Å². The monoisotopic (exact) mass is 410 g/mol. The largest absolute Gasteiger partial charge is 0.463 e. The van der Waals surface area contributed by atoms with E-state index >= 15 is 0 Å². The van der Waals surface area contributed by atoms with Crippen LogP contribution in [0.15, 0.2) is 0 Å². The molecule has 1 fully saturated rings. The van der Waals surface area contributed by atoms with E-state index in [9.17, 15) is 29.7 Å². The van der Waals surface area contributed by atoms with Gasteiger partial charge in [-0.3, -0.25) is 14.4 Å². The summed E-state index contributed by atoms with van der Waals surface area (Å²) in [5.74, 6) is -2.23. The molecule has 0 aliphatic carbocycles. The molecule has 4 N–H and O–H groups in total. The van der Waals surface area contributed by atoms with Crippen LogP contribution in [0.2, 0.25) is 0 Å². The number of carbonyl (C=O) groups excluding carboxylic acids is 3. The van der Waals surface area contributed by atoms with Crippen molar-refractivity contribution in [3.63, 3.8) is 0 Å². The summed E-state index contributed by atoms with van der Waals surface area (Å²) in [6, 6.07) is 0. The van der Waals surface area contributed by atoms with Crippen molar-refractivity contribution in [2.75, 3.05) is 19.8 Å². The topological polar surface area (TPSA) is 178 Å². The first-order chi connectivity index (χ1) is 13.1. The zero-order chi connectivity index (χ0) is 21.4. The summed E-state index contributed by atoms with van der Waals surface area (Å²) in [6.45, 7) is 1.60. The molecule has 12 nitrogen and oxygen atoms in total. The molecule has 7 atom stereocenters. The van der Waals surface area contributed by atoms with Crippen LogP contribution in [0, 0.1) is 0 Å². The molecule has 162 valence electrons. The molecule has 1 saturated heterocycles. The first-order valence-corrected chi connectivity index (χ1v) is 8.46. The molecule has 12 heteroatoms. The minimum Gasteiger partial charge on any atom is -0.463 e. The second-order valence-corrected chi connectivity index (χ2v) is 6.13. The van der Waals surface area contributed by atoms with E-state index in [0.717, 1.165) is 20.8 Å². The molecular formula is C16H26O12. The van der Waals surface area contributed by atoms with Gasteiger partial charge in [0.25, 0.3) is 0 Å². The van der Waals surface area contributed by atoms with E-state index in [1.807, 2.05) is 0 Å². The maximum absolute atomic E-state index is 11.4. The molecule has 1 aliphatic rings. The highest BCUT2D eigenvalue weighted by atomic mass is 16.7. The molecule has 0 amide bonds. The summed E-state index contributed by atoms with van der Waals surface area (Å²) >= 11 is 0. The predicted octanol–water partition coefficient (Wildman–Crippen LogP) is -2.77. The maximum atomic E-state index is 11.4. The third-order valence-corrected chi connectivity index (χ3v) is 3.74. The molecule has 0 saturated carbocycles. The van der Waals surface area contributed by atoms with Crippen molar-refractivity contribution < 1.29 is 58.5 Å². The molecular weight excluding hydrogens is 384 g/mol. The lowest BCUT2D eigenvalue weighted by Crippen LogP contribution is -2.62. The highest BCUT2D eigenvalue weighted by Gasteiger charge is 2.50. The van der Waals surface area contributed by atoms with Crippen molar-refractivity contribution in [3.05, 3.63) is 0 Å². The third-order valence-electron chi connectivity index (χ3n) is 3.74. The van der Waals surface area contributed by atoms with Gasteiger partial charge in [0.05, 0.1) is 13.2 Å². The molecule has 1 rings (SSSR count). The van der Waals surface area contributed by atoms with E-state index in [1.165, 1.54) is 0 Å². The molecule has 0 aromatic rings. The summed E-state index contributed by atoms with van der Waals surface area (Å²) in [6.07, 6.45) is -10.0. The normalized spacial score (nSPS) is 29.5. The number of aliphatic hydroxyl groups is 4. The minimum atomic E-state index is -1.53. The summed E-state index contributed by atoms with van der Waals surface area (Å²) in [5, 5.41) is 38.4. The van der Waals surface area contributed by atoms with E-state index in [-0.39, 0.29) is 0 Å². The van der Waals surface area contributed by atoms with E-state index in [4.69, 9.17) is 28.8 Å². The van der Waals surface area contributed by atoms with Gasteiger partial charge in [-0.25, -0.2) is 0 Å². The Morgan fingerprint density at radius 3 is 2.04 bits per heavy atom. The first-order valence-electron chi connectivity index (χ1n) is 8.46. The van der Waals surface area contributed by atoms with Crippen molar-refractivity contribution in [1.29, 1.82) is 0 Å². The van der Waals surface area contributed by atoms with Gasteiger partial charge in [0.2, 0.25) is 0 Å². The Hall–Kier alpha value is -1.83. The molecule has 0 spiro atoms. The van der Waals surface area contributed by atoms with Crippen LogP contribution in [0.3, 0.4) is 0 Å². The van der Waals surface area contributed by atoms with E-state index in [1.54, 1.807) is 0 Å². The van der Waals surface area contributed by atoms with Gasteiger partial charge in [-0.05, 0) is 0 Å². The van der Waals surface area contributed by atoms with E-state index in [0.29, 0.717) is 0 Å². The molecule has 1 heterocycles. The van der Waals surface area contributed by atoms with Crippen LogP contribution in [-0.2, 0) is 38.1 Å². The summed E-state index contributed by atoms with van der Waals surface area (Å²) in [7, 11) is 0. The number of hydrogen-bond acceptors (Lipinski definition) is 12. The second kappa shape index (κ2) is 11.2. The summed E-state index contributed by atoms with van der Waals surface area (Å²) in [5.41, 5.74) is 0. The Balaban J connectivity index is 3.03. The van der Waals surface area contributed by atoms with Crippen molar-refractivity contribution in [1.82, 2.24) is 0 Å². The number of hydrogen-bond donors (Lipinski definition) is 4. The van der Waals surface area contributed by atoms with Crippen LogP contribution in [0.5, 0.6) is 0 Å². The highest BCUT2D eigenvalue weighted by Crippen LogP contribution is 2.27. The Morgan fingerprint density at radius 1 is 0.964 bits per heavy atom. The number of aliphatic hydroxyl groups excluding tert-OH is 4. The Morgan fingerprint density at radius 2 is 1.54 bits per heavy atom. The highest BCUT2D eigenvalue weighted by molar-refractivity contribution is 5.67. The first kappa shape index (κ1) is 24.2. The molecule has 0 aromatic heterocycles. The minimum absolute atomic E-state index is 0.414. The third kappa shape index (κ3) is 7.30. The quantitative estimate of drug-likeness (QED) is 0.227. The number of rotatable bonds is 9. The molecule has 0 unspecified atom stereocenters. The molecule has 0 aromatic carbocycles. The van der Waals surface area contributed by atoms with Gasteiger partial charge < -0.3 is 44.1 Å². The fourth-order valence-corrected chi connectivity index (χ4v) is 2.43. The summed E-state index contributed by atoms with van der Waals surface area (Å²) in [4.78, 5) is 33.9. The second-order valence-electron chi connectivity index (χ2n) is 6.13. The standard InChI is InChI=1S/C16H26O12/c1-7(18)24-6-12-13(23)14(26-8(2)19)15(27-9(3)20)16(28-12)25-5-11(22)10(21)4-17/h10-17,21-23H,4-6H2,1-3H3/t10-,11+,12+,13+,14-,15-,16+/m0/s1. The van der Waals surface area contributed by atoms with Crippen LogP contribution in [-0.4, -0.2) is 101 Å². The van der Waals surface area contributed by atoms with Crippen molar-refractivity contribution in [3.8, 4) is 0 Å². The number of ether oxygens (including phenoxy) is 5. The lowest BCUT2D eigenvalue weighted by molar-refractivity contribution is -0.310. The fraction of sp³-hybridized carbons (Fsp3) is 0.812. The van der Waals surface area contributed by atoms with Gasteiger partial charge >= 0.3 is 17.9 Å². The Kier molecular flexibility index (Phi) is 9.72. The fourth-order valence-electron chi connectivity index (χ4n) is 2.43. The Bertz CT molecular complexity index is 538. The number of carbonyl (C=O) groups is 3. The van der Waals surface area contributed by atoms with Crippen molar-refractivity contribution in [2.24, 2.45) is 0 Å². The molecule has 1 aliphatic heterocycles. The van der Waals surface area contributed by atoms with E-state index < -0.39 is 80.6 Å². The SMILES string of the molecule is CC(=O)OC[C@H]1O[C@@H](OC[C@@H](O)[C@@H](O)CO)[C@@H](OC(C)=O)[C@@H](OC(C)=O)[C@@H]1O. The van der Waals surface area contributed by atoms with Crippen LogP contribution >= 0.6 is 0 Å². The maximum Gasteiger partial charge on any atom is 0.303 e. The zero-order valence-electron chi connectivity index (χ0n) is 15.7. The van der Waals surface area contributed by atoms with Crippen LogP contribution in [0.1, 0.15) is 20.8 Å².